The summed E-state index contributed by atoms with van der Waals surface area (Å²) in [5.41, 5.74) is 20.3. The van der Waals surface area contributed by atoms with Crippen molar-refractivity contribution in [3.05, 3.63) is 76.6 Å². The maximum Gasteiger partial charge on any atom is 0.328 e. The molecule has 2 amide bonds. The molecule has 334 valence electrons. The molecule has 0 aliphatic heterocycles. The zero-order valence-electron chi connectivity index (χ0n) is 35.8. The number of carbonyl (C=O) groups excluding carboxylic acids is 4. The summed E-state index contributed by atoms with van der Waals surface area (Å²) in [4.78, 5) is 60.2. The fourth-order valence-electron chi connectivity index (χ4n) is 6.01. The molecule has 0 saturated carbocycles. The molecule has 19 heteroatoms. The van der Waals surface area contributed by atoms with Crippen LogP contribution in [0.4, 0.5) is 5.82 Å². The third-order valence-corrected chi connectivity index (χ3v) is 10.5. The monoisotopic (exact) mass is 901 g/mol. The van der Waals surface area contributed by atoms with Gasteiger partial charge < -0.3 is 46.5 Å². The number of halogens is 1. The van der Waals surface area contributed by atoms with Crippen molar-refractivity contribution in [2.24, 2.45) is 23.3 Å². The lowest BCUT2D eigenvalue weighted by Gasteiger charge is -2.23. The van der Waals surface area contributed by atoms with Crippen LogP contribution in [0.25, 0.3) is 22.6 Å². The normalized spacial score (nSPS) is 13.5. The van der Waals surface area contributed by atoms with Gasteiger partial charge in [-0.25, -0.2) is 19.6 Å². The first-order chi connectivity index (χ1) is 29.9. The van der Waals surface area contributed by atoms with Gasteiger partial charge in [-0.2, -0.15) is 10.5 Å². The highest BCUT2D eigenvalue weighted by Crippen LogP contribution is 2.37. The SMILES string of the molecule is CC(C)C[C@H](N)C(=O)NC(C)C(=O)O[C@H](COC(=O)[C@H](C)NC(=O)[C@@H](N)CC(C)C)COc1ccc(-c2c(C#N)c(N)nc(SCc3coc(-c4ccc(Cl)cc4)n3)c2C#N)cc1. The largest absolute Gasteiger partial charge is 0.490 e. The predicted octanol–water partition coefficient (Wildman–Crippen LogP) is 5.26. The van der Waals surface area contributed by atoms with E-state index in [4.69, 9.17) is 47.4 Å². The average Bonchev–Trinajstić information content (AvgIpc) is 3.72. The Morgan fingerprint density at radius 1 is 0.794 bits per heavy atom. The van der Waals surface area contributed by atoms with Crippen molar-refractivity contribution in [2.45, 2.75) is 95.4 Å². The van der Waals surface area contributed by atoms with Gasteiger partial charge in [0.15, 0.2) is 6.10 Å². The number of aromatic nitrogens is 2. The molecular weight excluding hydrogens is 850 g/mol. The Balaban J connectivity index is 1.50. The van der Waals surface area contributed by atoms with Gasteiger partial charge in [-0.05, 0) is 80.5 Å². The summed E-state index contributed by atoms with van der Waals surface area (Å²) in [5.74, 6) is -1.55. The maximum absolute atomic E-state index is 13.2. The number of thioether (sulfide) groups is 1. The van der Waals surface area contributed by atoms with Gasteiger partial charge in [0.2, 0.25) is 17.7 Å². The van der Waals surface area contributed by atoms with Crippen LogP contribution in [0.15, 0.2) is 64.2 Å². The van der Waals surface area contributed by atoms with Gasteiger partial charge in [0.25, 0.3) is 0 Å². The van der Waals surface area contributed by atoms with Crippen molar-refractivity contribution in [1.82, 2.24) is 20.6 Å². The van der Waals surface area contributed by atoms with E-state index in [0.717, 1.165) is 5.56 Å². The van der Waals surface area contributed by atoms with E-state index in [9.17, 15) is 29.7 Å². The van der Waals surface area contributed by atoms with Gasteiger partial charge in [0.1, 0.15) is 65.9 Å². The third-order valence-electron chi connectivity index (χ3n) is 9.24. The molecule has 2 heterocycles. The summed E-state index contributed by atoms with van der Waals surface area (Å²) in [6.07, 6.45) is 1.13. The maximum atomic E-state index is 13.2. The van der Waals surface area contributed by atoms with E-state index in [2.05, 4.69) is 32.7 Å². The Labute approximate surface area is 375 Å². The van der Waals surface area contributed by atoms with Crippen LogP contribution < -0.4 is 32.6 Å². The number of nitriles is 2. The molecule has 0 spiro atoms. The van der Waals surface area contributed by atoms with Crippen LogP contribution in [0.5, 0.6) is 5.75 Å². The Hall–Kier alpha value is -6.18. The van der Waals surface area contributed by atoms with E-state index in [1.165, 1.54) is 31.9 Å². The Kier molecular flexibility index (Phi) is 18.3. The minimum Gasteiger partial charge on any atom is -0.490 e. The second-order valence-electron chi connectivity index (χ2n) is 15.5. The average molecular weight is 902 g/mol. The molecule has 4 rings (SSSR count). The summed E-state index contributed by atoms with van der Waals surface area (Å²) < 4.78 is 22.7. The topological polar surface area (TPSA) is 285 Å². The number of carbonyl (C=O) groups is 4. The second-order valence-corrected chi connectivity index (χ2v) is 16.9. The lowest BCUT2D eigenvalue weighted by molar-refractivity contribution is -0.163. The zero-order valence-corrected chi connectivity index (χ0v) is 37.4. The van der Waals surface area contributed by atoms with E-state index in [1.54, 1.807) is 48.5 Å². The second kappa shape index (κ2) is 23.3. The van der Waals surface area contributed by atoms with Crippen LogP contribution in [0, 0.1) is 34.5 Å². The fraction of sp³-hybridized carbons (Fsp3) is 0.409. The molecular formula is C44H52ClN9O8S. The molecule has 17 nitrogen and oxygen atoms in total. The number of benzene rings is 2. The van der Waals surface area contributed by atoms with Gasteiger partial charge in [-0.15, -0.1) is 0 Å². The molecule has 2 aromatic carbocycles. The predicted molar refractivity (Wildman–Crippen MR) is 236 cm³/mol. The lowest BCUT2D eigenvalue weighted by Crippen LogP contribution is -2.49. The summed E-state index contributed by atoms with van der Waals surface area (Å²) in [5, 5.41) is 26.3. The fourth-order valence-corrected chi connectivity index (χ4v) is 7.01. The number of ether oxygens (including phenoxy) is 3. The molecule has 5 atom stereocenters. The number of pyridine rings is 1. The van der Waals surface area contributed by atoms with E-state index in [1.807, 2.05) is 27.7 Å². The minimum atomic E-state index is -1.18. The number of hydrogen-bond acceptors (Lipinski definition) is 16. The molecule has 0 bridgehead atoms. The first kappa shape index (κ1) is 49.5. The van der Waals surface area contributed by atoms with Gasteiger partial charge in [0, 0.05) is 21.9 Å². The Morgan fingerprint density at radius 2 is 1.35 bits per heavy atom. The Bertz CT molecular complexity index is 2310. The molecule has 0 aliphatic carbocycles. The lowest BCUT2D eigenvalue weighted by atomic mass is 9.97. The smallest absolute Gasteiger partial charge is 0.328 e. The third kappa shape index (κ3) is 14.4. The summed E-state index contributed by atoms with van der Waals surface area (Å²) in [7, 11) is 0. The molecule has 2 aromatic heterocycles. The first-order valence-electron chi connectivity index (χ1n) is 20.1. The molecule has 0 fully saturated rings. The minimum absolute atomic E-state index is 0.00326. The number of amides is 2. The van der Waals surface area contributed by atoms with Crippen LogP contribution in [0.2, 0.25) is 5.02 Å². The van der Waals surface area contributed by atoms with Crippen molar-refractivity contribution in [3.63, 3.8) is 0 Å². The highest BCUT2D eigenvalue weighted by atomic mass is 35.5. The molecule has 0 radical (unpaired) electrons. The number of nitrogens with zero attached hydrogens (tertiary/aromatic N) is 4. The van der Waals surface area contributed by atoms with E-state index in [-0.39, 0.29) is 57.5 Å². The van der Waals surface area contributed by atoms with Gasteiger partial charge >= 0.3 is 11.9 Å². The Morgan fingerprint density at radius 3 is 1.90 bits per heavy atom. The number of anilines is 1. The highest BCUT2D eigenvalue weighted by Gasteiger charge is 2.28. The van der Waals surface area contributed by atoms with Gasteiger partial charge in [0.05, 0.1) is 23.3 Å². The number of esters is 2. The van der Waals surface area contributed by atoms with Crippen LogP contribution in [-0.2, 0) is 34.4 Å². The summed E-state index contributed by atoms with van der Waals surface area (Å²) in [6, 6.07) is 13.7. The van der Waals surface area contributed by atoms with Crippen LogP contribution in [0.3, 0.4) is 0 Å². The summed E-state index contributed by atoms with van der Waals surface area (Å²) >= 11 is 7.20. The molecule has 4 aromatic rings. The number of nitrogen functional groups attached to an aromatic ring is 1. The number of nitrogens with one attached hydrogen (secondary N) is 2. The zero-order chi connectivity index (χ0) is 46.4. The van der Waals surface area contributed by atoms with E-state index in [0.29, 0.717) is 35.0 Å². The number of oxazole rings is 1. The van der Waals surface area contributed by atoms with Crippen molar-refractivity contribution >= 4 is 52.9 Å². The molecule has 63 heavy (non-hydrogen) atoms. The standard InChI is InChI=1S/C44H52ClN9O8S/c1-23(2)15-35(48)39(55)51-25(5)43(57)61-21-32(62-44(58)26(6)52-40(56)36(49)16-24(3)4)20-59-31-13-9-27(10-14-31)37-33(17-46)38(50)54-42(34(37)18-47)63-22-30-19-60-41(53-30)28-7-11-29(45)12-8-28/h7-14,19,23-26,32,35-36H,15-16,20-22,48-49H2,1-6H3,(H2,50,54)(H,51,55)(H,52,56)/t25-,26?,32-,35-,36-/m0/s1. The number of nitrogens with two attached hydrogens (primary N) is 3. The highest BCUT2D eigenvalue weighted by molar-refractivity contribution is 7.98. The van der Waals surface area contributed by atoms with Gasteiger partial charge in [-0.1, -0.05) is 63.2 Å². The van der Waals surface area contributed by atoms with Crippen LogP contribution in [-0.4, -0.2) is 77.2 Å². The molecule has 8 N–H and O–H groups in total. The first-order valence-corrected chi connectivity index (χ1v) is 21.5. The quantitative estimate of drug-likeness (QED) is 0.0526. The molecule has 0 saturated heterocycles. The molecule has 1 unspecified atom stereocenters. The van der Waals surface area contributed by atoms with Crippen molar-refractivity contribution < 1.29 is 37.8 Å². The van der Waals surface area contributed by atoms with Crippen LogP contribution in [0.1, 0.15) is 71.2 Å². The molecule has 0 aliphatic rings. The number of rotatable bonds is 21. The number of hydrogen-bond donors (Lipinski definition) is 5. The van der Waals surface area contributed by atoms with E-state index >= 15 is 0 Å². The summed E-state index contributed by atoms with van der Waals surface area (Å²) in [6.45, 7) is 9.73. The van der Waals surface area contributed by atoms with Crippen molar-refractivity contribution in [2.75, 3.05) is 18.9 Å². The van der Waals surface area contributed by atoms with Gasteiger partial charge in [-0.3, -0.25) is 9.59 Å². The van der Waals surface area contributed by atoms with Crippen molar-refractivity contribution in [3.8, 4) is 40.5 Å². The van der Waals surface area contributed by atoms with E-state index < -0.39 is 60.6 Å². The van der Waals surface area contributed by atoms with Crippen molar-refractivity contribution in [1.29, 1.82) is 10.5 Å². The van der Waals surface area contributed by atoms with Crippen LogP contribution >= 0.6 is 23.4 Å².